The van der Waals surface area contributed by atoms with Crippen LogP contribution in [0.3, 0.4) is 0 Å². The molecule has 1 amide bonds. The van der Waals surface area contributed by atoms with Crippen LogP contribution in [0.4, 0.5) is 5.69 Å². The van der Waals surface area contributed by atoms with E-state index in [9.17, 15) is 13.2 Å². The van der Waals surface area contributed by atoms with Crippen molar-refractivity contribution in [3.8, 4) is 0 Å². The van der Waals surface area contributed by atoms with E-state index in [0.717, 1.165) is 24.2 Å². The maximum Gasteiger partial charge on any atom is 0.241 e. The van der Waals surface area contributed by atoms with Crippen LogP contribution in [0.2, 0.25) is 0 Å². The van der Waals surface area contributed by atoms with Crippen molar-refractivity contribution >= 4 is 21.4 Å². The number of benzene rings is 1. The van der Waals surface area contributed by atoms with Gasteiger partial charge in [-0.3, -0.25) is 9.69 Å². The Bertz CT molecular complexity index is 1000. The average molecular weight is 447 g/mol. The van der Waals surface area contributed by atoms with Crippen LogP contribution < -0.4 is 4.90 Å². The molecular formula is C22H30N4O4S. The molecule has 2 fully saturated rings. The number of amides is 1. The molecule has 0 unspecified atom stereocenters. The summed E-state index contributed by atoms with van der Waals surface area (Å²) in [4.78, 5) is 20.9. The van der Waals surface area contributed by atoms with Gasteiger partial charge in [0, 0.05) is 31.9 Å². The molecule has 31 heavy (non-hydrogen) atoms. The molecule has 168 valence electrons. The summed E-state index contributed by atoms with van der Waals surface area (Å²) in [6.45, 7) is 5.12. The van der Waals surface area contributed by atoms with Crippen LogP contribution in [0.1, 0.15) is 31.9 Å². The average Bonchev–Trinajstić information content (AvgIpc) is 3.40. The Labute approximate surface area is 183 Å². The Morgan fingerprint density at radius 3 is 2.68 bits per heavy atom. The maximum absolute atomic E-state index is 12.8. The van der Waals surface area contributed by atoms with Crippen LogP contribution in [-0.2, 0) is 32.5 Å². The van der Waals surface area contributed by atoms with E-state index in [1.807, 2.05) is 37.3 Å². The van der Waals surface area contributed by atoms with Crippen LogP contribution in [0.15, 0.2) is 41.7 Å². The molecule has 1 aromatic heterocycles. The van der Waals surface area contributed by atoms with Gasteiger partial charge in [0.1, 0.15) is 0 Å². The lowest BCUT2D eigenvalue weighted by Gasteiger charge is -2.34. The van der Waals surface area contributed by atoms with E-state index < -0.39 is 9.84 Å². The summed E-state index contributed by atoms with van der Waals surface area (Å²) in [6.07, 6.45) is 4.09. The number of imidazole rings is 1. The molecular weight excluding hydrogens is 416 g/mol. The molecule has 9 heteroatoms. The van der Waals surface area contributed by atoms with Gasteiger partial charge < -0.3 is 14.2 Å². The number of hydrogen-bond acceptors (Lipinski definition) is 6. The number of rotatable bonds is 8. The smallest absolute Gasteiger partial charge is 0.241 e. The lowest BCUT2D eigenvalue weighted by molar-refractivity contribution is -0.121. The van der Waals surface area contributed by atoms with Gasteiger partial charge >= 0.3 is 0 Å². The molecule has 2 aromatic rings. The quantitative estimate of drug-likeness (QED) is 0.617. The van der Waals surface area contributed by atoms with Crippen LogP contribution in [0.5, 0.6) is 0 Å². The SMILES string of the molecule is CCCS(=O)(=O)c1ncc(CN2CCN(c3ccccc3)C(=O)C2)n1C[C@@H]1CCCO1. The topological polar surface area (TPSA) is 84.7 Å². The van der Waals surface area contributed by atoms with E-state index in [1.54, 1.807) is 15.7 Å². The summed E-state index contributed by atoms with van der Waals surface area (Å²) in [6, 6.07) is 9.67. The summed E-state index contributed by atoms with van der Waals surface area (Å²) in [5.41, 5.74) is 1.72. The van der Waals surface area contributed by atoms with Crippen molar-refractivity contribution in [1.29, 1.82) is 0 Å². The summed E-state index contributed by atoms with van der Waals surface area (Å²) in [7, 11) is -3.46. The minimum absolute atomic E-state index is 0.0000801. The van der Waals surface area contributed by atoms with E-state index in [2.05, 4.69) is 9.88 Å². The van der Waals surface area contributed by atoms with Gasteiger partial charge in [-0.25, -0.2) is 13.4 Å². The molecule has 2 saturated heterocycles. The number of aromatic nitrogens is 2. The summed E-state index contributed by atoms with van der Waals surface area (Å²) in [5.74, 6) is 0.116. The Morgan fingerprint density at radius 1 is 1.19 bits per heavy atom. The molecule has 2 aliphatic rings. The van der Waals surface area contributed by atoms with Crippen molar-refractivity contribution in [3.63, 3.8) is 0 Å². The predicted octanol–water partition coefficient (Wildman–Crippen LogP) is 2.09. The first-order chi connectivity index (χ1) is 15.0. The highest BCUT2D eigenvalue weighted by molar-refractivity contribution is 7.91. The number of carbonyl (C=O) groups is 1. The van der Waals surface area contributed by atoms with E-state index >= 15 is 0 Å². The molecule has 1 atom stereocenters. The Hall–Kier alpha value is -2.23. The van der Waals surface area contributed by atoms with E-state index in [1.165, 1.54) is 0 Å². The van der Waals surface area contributed by atoms with Gasteiger partial charge in [0.2, 0.25) is 20.9 Å². The highest BCUT2D eigenvalue weighted by Crippen LogP contribution is 2.22. The molecule has 0 N–H and O–H groups in total. The Morgan fingerprint density at radius 2 is 2.00 bits per heavy atom. The number of anilines is 1. The van der Waals surface area contributed by atoms with E-state index in [-0.39, 0.29) is 29.5 Å². The molecule has 0 spiro atoms. The van der Waals surface area contributed by atoms with Crippen LogP contribution in [-0.4, -0.2) is 66.9 Å². The highest BCUT2D eigenvalue weighted by atomic mass is 32.2. The van der Waals surface area contributed by atoms with Gasteiger partial charge in [-0.05, 0) is 31.4 Å². The second-order valence-electron chi connectivity index (χ2n) is 8.19. The molecule has 3 heterocycles. The third-order valence-corrected chi connectivity index (χ3v) is 7.64. The van der Waals surface area contributed by atoms with E-state index in [4.69, 9.17) is 4.74 Å². The van der Waals surface area contributed by atoms with Crippen molar-refractivity contribution in [3.05, 3.63) is 42.2 Å². The lowest BCUT2D eigenvalue weighted by Crippen LogP contribution is -2.50. The largest absolute Gasteiger partial charge is 0.376 e. The second kappa shape index (κ2) is 9.50. The zero-order chi connectivity index (χ0) is 21.8. The zero-order valence-corrected chi connectivity index (χ0v) is 18.8. The second-order valence-corrected chi connectivity index (χ2v) is 10.2. The maximum atomic E-state index is 12.8. The number of nitrogens with zero attached hydrogens (tertiary/aromatic N) is 4. The number of ether oxygens (including phenoxy) is 1. The van der Waals surface area contributed by atoms with Gasteiger partial charge in [0.25, 0.3) is 0 Å². The van der Waals surface area contributed by atoms with E-state index in [0.29, 0.717) is 39.2 Å². The van der Waals surface area contributed by atoms with Crippen molar-refractivity contribution in [2.45, 2.75) is 50.5 Å². The third-order valence-electron chi connectivity index (χ3n) is 5.82. The predicted molar refractivity (Wildman–Crippen MR) is 118 cm³/mol. The molecule has 8 nitrogen and oxygen atoms in total. The number of para-hydroxylation sites is 1. The van der Waals surface area contributed by atoms with Crippen LogP contribution >= 0.6 is 0 Å². The fourth-order valence-electron chi connectivity index (χ4n) is 4.28. The number of hydrogen-bond donors (Lipinski definition) is 0. The van der Waals surface area contributed by atoms with Gasteiger partial charge in [-0.15, -0.1) is 0 Å². The lowest BCUT2D eigenvalue weighted by atomic mass is 10.2. The number of piperazine rings is 1. The molecule has 4 rings (SSSR count). The number of sulfone groups is 1. The summed E-state index contributed by atoms with van der Waals surface area (Å²) >= 11 is 0. The zero-order valence-electron chi connectivity index (χ0n) is 17.9. The molecule has 0 aliphatic carbocycles. The van der Waals surface area contributed by atoms with Crippen molar-refractivity contribution in [2.24, 2.45) is 0 Å². The summed E-state index contributed by atoms with van der Waals surface area (Å²) < 4.78 is 33.1. The molecule has 0 bridgehead atoms. The van der Waals surface area contributed by atoms with Gasteiger partial charge in [0.15, 0.2) is 0 Å². The van der Waals surface area contributed by atoms with Gasteiger partial charge in [-0.1, -0.05) is 25.1 Å². The highest BCUT2D eigenvalue weighted by Gasteiger charge is 2.29. The van der Waals surface area contributed by atoms with Crippen LogP contribution in [0.25, 0.3) is 0 Å². The van der Waals surface area contributed by atoms with Crippen molar-refractivity contribution < 1.29 is 17.9 Å². The summed E-state index contributed by atoms with van der Waals surface area (Å²) in [5, 5.41) is 0.120. The normalized spacial score (nSPS) is 20.5. The minimum atomic E-state index is -3.46. The fraction of sp³-hybridized carbons (Fsp3) is 0.545. The first-order valence-electron chi connectivity index (χ1n) is 10.9. The minimum Gasteiger partial charge on any atom is -0.376 e. The molecule has 0 radical (unpaired) electrons. The van der Waals surface area contributed by atoms with Gasteiger partial charge in [-0.2, -0.15) is 0 Å². The van der Waals surface area contributed by atoms with Crippen molar-refractivity contribution in [2.75, 3.05) is 36.9 Å². The van der Waals surface area contributed by atoms with Gasteiger partial charge in [0.05, 0.1) is 36.8 Å². The Balaban J connectivity index is 1.51. The first kappa shape index (κ1) is 22.0. The standard InChI is InChI=1S/C22H30N4O4S/c1-2-13-31(28,29)22-23-14-19(26(22)16-20-9-6-12-30-20)15-24-10-11-25(21(27)17-24)18-7-4-3-5-8-18/h3-5,7-8,14,20H,2,6,9-13,15-17H2,1H3/t20-/m0/s1. The third kappa shape index (κ3) is 4.99. The molecule has 2 aliphatic heterocycles. The monoisotopic (exact) mass is 446 g/mol. The van der Waals surface area contributed by atoms with Crippen molar-refractivity contribution in [1.82, 2.24) is 14.5 Å². The fourth-order valence-corrected chi connectivity index (χ4v) is 5.74. The van der Waals surface area contributed by atoms with Crippen LogP contribution in [0, 0.1) is 0 Å². The first-order valence-corrected chi connectivity index (χ1v) is 12.6. The molecule has 1 aromatic carbocycles. The Kier molecular flexibility index (Phi) is 6.74. The molecule has 0 saturated carbocycles. The number of carbonyl (C=O) groups excluding carboxylic acids is 1.